The second kappa shape index (κ2) is 10.7. The molecular formula is C25H40N4O6. The highest BCUT2D eigenvalue weighted by Gasteiger charge is 2.34. The number of hydrogen-bond acceptors (Lipinski definition) is 8. The Morgan fingerprint density at radius 1 is 0.914 bits per heavy atom. The Bertz CT molecular complexity index is 886. The van der Waals surface area contributed by atoms with Crippen molar-refractivity contribution in [2.24, 2.45) is 0 Å². The molecule has 1 aromatic rings. The number of amides is 3. The Kier molecular flexibility index (Phi) is 8.62. The van der Waals surface area contributed by atoms with Crippen LogP contribution in [0.2, 0.25) is 0 Å². The second-order valence-electron chi connectivity index (χ2n) is 11.6. The van der Waals surface area contributed by atoms with Crippen molar-refractivity contribution >= 4 is 29.9 Å². The topological polar surface area (TPSA) is 110 Å². The minimum absolute atomic E-state index is 0.0909. The zero-order valence-corrected chi connectivity index (χ0v) is 22.4. The smallest absolute Gasteiger partial charge is 0.425 e. The summed E-state index contributed by atoms with van der Waals surface area (Å²) in [5.41, 5.74) is -2.22. The summed E-state index contributed by atoms with van der Waals surface area (Å²) in [6.45, 7) is 17.0. The molecule has 3 amide bonds. The van der Waals surface area contributed by atoms with Crippen molar-refractivity contribution < 1.29 is 28.6 Å². The number of rotatable bonds is 3. The van der Waals surface area contributed by atoms with Gasteiger partial charge >= 0.3 is 18.3 Å². The van der Waals surface area contributed by atoms with Gasteiger partial charge in [-0.2, -0.15) is 4.90 Å². The van der Waals surface area contributed by atoms with Gasteiger partial charge in [0.1, 0.15) is 22.6 Å². The number of imide groups is 1. The van der Waals surface area contributed by atoms with Gasteiger partial charge in [-0.05, 0) is 87.3 Å². The van der Waals surface area contributed by atoms with Crippen molar-refractivity contribution in [3.8, 4) is 0 Å². The van der Waals surface area contributed by atoms with Crippen LogP contribution in [0, 0.1) is 0 Å². The van der Waals surface area contributed by atoms with E-state index in [1.165, 1.54) is 0 Å². The van der Waals surface area contributed by atoms with E-state index in [9.17, 15) is 14.4 Å². The van der Waals surface area contributed by atoms with Crippen LogP contribution < -0.4 is 15.1 Å². The van der Waals surface area contributed by atoms with E-state index in [2.05, 4.69) is 10.3 Å². The summed E-state index contributed by atoms with van der Waals surface area (Å²) in [6.07, 6.45) is -0.586. The van der Waals surface area contributed by atoms with E-state index in [1.807, 2.05) is 25.7 Å². The molecule has 1 aliphatic rings. The molecule has 1 saturated heterocycles. The largest absolute Gasteiger partial charge is 0.444 e. The standard InChI is InChI=1S/C25H40N4O6/c1-23(2,3)33-20(30)26-17-12-11-15-28(16-17)18-13-10-14-19(27-18)29(21(31)34-24(4,5)6)22(32)35-25(7,8)9/h10,13-14,17H,11-12,15-16H2,1-9H3,(H,26,30)/t17-/m0/s1. The van der Waals surface area contributed by atoms with Crippen LogP contribution in [0.1, 0.15) is 75.2 Å². The third-order valence-electron chi connectivity index (χ3n) is 4.57. The minimum Gasteiger partial charge on any atom is -0.444 e. The fourth-order valence-electron chi connectivity index (χ4n) is 3.37. The second-order valence-corrected chi connectivity index (χ2v) is 11.6. The Hall–Kier alpha value is -3.04. The van der Waals surface area contributed by atoms with Gasteiger partial charge in [-0.3, -0.25) is 0 Å². The lowest BCUT2D eigenvalue weighted by Crippen LogP contribution is -2.49. The first kappa shape index (κ1) is 28.2. The third-order valence-corrected chi connectivity index (χ3v) is 4.57. The molecule has 1 aliphatic heterocycles. The van der Waals surface area contributed by atoms with E-state index in [-0.39, 0.29) is 11.9 Å². The summed E-state index contributed by atoms with van der Waals surface area (Å²) < 4.78 is 16.3. The summed E-state index contributed by atoms with van der Waals surface area (Å²) in [5, 5.41) is 2.91. The average Bonchev–Trinajstić information content (AvgIpc) is 2.64. The number of nitrogens with one attached hydrogen (secondary N) is 1. The molecule has 0 aliphatic carbocycles. The number of anilines is 2. The highest BCUT2D eigenvalue weighted by atomic mass is 16.6. The summed E-state index contributed by atoms with van der Waals surface area (Å²) in [7, 11) is 0. The highest BCUT2D eigenvalue weighted by Crippen LogP contribution is 2.25. The molecule has 1 aromatic heterocycles. The quantitative estimate of drug-likeness (QED) is 0.570. The molecule has 35 heavy (non-hydrogen) atoms. The zero-order chi connectivity index (χ0) is 26.6. The number of alkyl carbamates (subject to hydrolysis) is 1. The molecule has 0 radical (unpaired) electrons. The van der Waals surface area contributed by atoms with E-state index in [4.69, 9.17) is 14.2 Å². The Morgan fingerprint density at radius 2 is 1.46 bits per heavy atom. The van der Waals surface area contributed by atoms with Crippen LogP contribution in [0.3, 0.4) is 0 Å². The van der Waals surface area contributed by atoms with Gasteiger partial charge < -0.3 is 24.4 Å². The van der Waals surface area contributed by atoms with Gasteiger partial charge in [-0.1, -0.05) is 6.07 Å². The maximum absolute atomic E-state index is 12.9. The first-order valence-electron chi connectivity index (χ1n) is 11.9. The normalized spacial score (nSPS) is 16.8. The first-order valence-corrected chi connectivity index (χ1v) is 11.9. The number of ether oxygens (including phenoxy) is 3. The molecule has 10 nitrogen and oxygen atoms in total. The van der Waals surface area contributed by atoms with Crippen molar-refractivity contribution in [2.75, 3.05) is 22.9 Å². The molecule has 1 N–H and O–H groups in total. The van der Waals surface area contributed by atoms with Gasteiger partial charge in [0.2, 0.25) is 0 Å². The van der Waals surface area contributed by atoms with E-state index in [0.717, 1.165) is 17.7 Å². The molecule has 1 fully saturated rings. The predicted molar refractivity (Wildman–Crippen MR) is 134 cm³/mol. The SMILES string of the molecule is CC(C)(C)OC(=O)N[C@H]1CCCN(c2cccc(N(C(=O)OC(C)(C)C)C(=O)OC(C)(C)C)n2)C1. The summed E-state index contributed by atoms with van der Waals surface area (Å²) >= 11 is 0. The van der Waals surface area contributed by atoms with Crippen LogP contribution in [-0.4, -0.2) is 59.2 Å². The van der Waals surface area contributed by atoms with Crippen LogP contribution in [0.15, 0.2) is 18.2 Å². The van der Waals surface area contributed by atoms with Crippen LogP contribution in [0.4, 0.5) is 26.0 Å². The third kappa shape index (κ3) is 9.62. The lowest BCUT2D eigenvalue weighted by atomic mass is 10.1. The number of carbonyl (C=O) groups excluding carboxylic acids is 3. The Labute approximate surface area is 208 Å². The summed E-state index contributed by atoms with van der Waals surface area (Å²) in [5.74, 6) is 0.656. The minimum atomic E-state index is -0.875. The maximum Gasteiger partial charge on any atom is 0.425 e. The van der Waals surface area contributed by atoms with Crippen LogP contribution in [0.25, 0.3) is 0 Å². The van der Waals surface area contributed by atoms with Crippen LogP contribution >= 0.6 is 0 Å². The number of nitrogens with zero attached hydrogens (tertiary/aromatic N) is 3. The van der Waals surface area contributed by atoms with Crippen molar-refractivity contribution in [2.45, 2.75) is 98.0 Å². The lowest BCUT2D eigenvalue weighted by molar-refractivity contribution is 0.0425. The highest BCUT2D eigenvalue weighted by molar-refractivity contribution is 6.08. The van der Waals surface area contributed by atoms with E-state index in [0.29, 0.717) is 18.9 Å². The average molecular weight is 493 g/mol. The van der Waals surface area contributed by atoms with Crippen LogP contribution in [-0.2, 0) is 14.2 Å². The molecule has 2 rings (SSSR count). The van der Waals surface area contributed by atoms with Crippen LogP contribution in [0.5, 0.6) is 0 Å². The number of carbonyl (C=O) groups is 3. The number of hydrogen-bond donors (Lipinski definition) is 1. The molecule has 1 atom stereocenters. The van der Waals surface area contributed by atoms with E-state index < -0.39 is 35.1 Å². The Morgan fingerprint density at radius 3 is 1.97 bits per heavy atom. The van der Waals surface area contributed by atoms with Crippen molar-refractivity contribution in [3.63, 3.8) is 0 Å². The summed E-state index contributed by atoms with van der Waals surface area (Å²) in [4.78, 5) is 45.5. The number of pyridine rings is 1. The molecule has 0 spiro atoms. The zero-order valence-electron chi connectivity index (χ0n) is 22.4. The van der Waals surface area contributed by atoms with Crippen molar-refractivity contribution in [3.05, 3.63) is 18.2 Å². The monoisotopic (exact) mass is 492 g/mol. The lowest BCUT2D eigenvalue weighted by Gasteiger charge is -2.35. The van der Waals surface area contributed by atoms with Gasteiger partial charge in [-0.15, -0.1) is 0 Å². The van der Waals surface area contributed by atoms with Crippen molar-refractivity contribution in [1.82, 2.24) is 10.3 Å². The fraction of sp³-hybridized carbons (Fsp3) is 0.680. The van der Waals surface area contributed by atoms with Gasteiger partial charge in [0.15, 0.2) is 5.82 Å². The Balaban J connectivity index is 2.25. The van der Waals surface area contributed by atoms with Gasteiger partial charge in [-0.25, -0.2) is 19.4 Å². The predicted octanol–water partition coefficient (Wildman–Crippen LogP) is 5.25. The van der Waals surface area contributed by atoms with E-state index >= 15 is 0 Å². The number of aromatic nitrogens is 1. The molecular weight excluding hydrogens is 452 g/mol. The molecule has 0 aromatic carbocycles. The fourth-order valence-corrected chi connectivity index (χ4v) is 3.37. The van der Waals surface area contributed by atoms with E-state index in [1.54, 1.807) is 59.7 Å². The molecule has 10 heteroatoms. The summed E-state index contributed by atoms with van der Waals surface area (Å²) in [6, 6.07) is 4.93. The van der Waals surface area contributed by atoms with Gasteiger partial charge in [0, 0.05) is 19.1 Å². The molecule has 2 heterocycles. The molecule has 0 saturated carbocycles. The number of piperidine rings is 1. The maximum atomic E-state index is 12.9. The molecule has 0 bridgehead atoms. The first-order chi connectivity index (χ1) is 15.9. The molecule has 0 unspecified atom stereocenters. The molecule has 196 valence electrons. The van der Waals surface area contributed by atoms with Crippen molar-refractivity contribution in [1.29, 1.82) is 0 Å². The van der Waals surface area contributed by atoms with Gasteiger partial charge in [0.05, 0.1) is 0 Å². The van der Waals surface area contributed by atoms with Gasteiger partial charge in [0.25, 0.3) is 0 Å².